The van der Waals surface area contributed by atoms with Crippen molar-refractivity contribution in [1.82, 2.24) is 15.0 Å². The number of nitrogens with zero attached hydrogens (tertiary/aromatic N) is 2. The largest absolute Gasteiger partial charge is 0.347 e. The first-order valence-corrected chi connectivity index (χ1v) is 10.2. The molecule has 0 amide bonds. The fraction of sp³-hybridized carbons (Fsp3) is 0.235. The van der Waals surface area contributed by atoms with E-state index in [9.17, 15) is 13.2 Å². The van der Waals surface area contributed by atoms with Gasteiger partial charge < -0.3 is 10.3 Å². The quantitative estimate of drug-likeness (QED) is 0.691. The molecule has 0 saturated carbocycles. The number of anilines is 1. The normalized spacial score (nSPS) is 12.9. The van der Waals surface area contributed by atoms with E-state index in [0.717, 1.165) is 11.6 Å². The molecule has 1 aromatic carbocycles. The summed E-state index contributed by atoms with van der Waals surface area (Å²) in [6.07, 6.45) is 2.62. The van der Waals surface area contributed by atoms with Crippen molar-refractivity contribution in [3.63, 3.8) is 0 Å². The van der Waals surface area contributed by atoms with Crippen LogP contribution in [0.5, 0.6) is 0 Å². The van der Waals surface area contributed by atoms with E-state index >= 15 is 0 Å². The molecule has 0 aliphatic rings. The van der Waals surface area contributed by atoms with Gasteiger partial charge in [0.05, 0.1) is 17.5 Å². The van der Waals surface area contributed by atoms with Gasteiger partial charge in [0, 0.05) is 33.9 Å². The summed E-state index contributed by atoms with van der Waals surface area (Å²) in [5, 5.41) is 4.42. The van der Waals surface area contributed by atoms with Crippen LogP contribution in [0.3, 0.4) is 0 Å². The molecule has 0 saturated heterocycles. The van der Waals surface area contributed by atoms with Gasteiger partial charge in [-0.2, -0.15) is 0 Å². The minimum atomic E-state index is -3.20. The van der Waals surface area contributed by atoms with Crippen LogP contribution < -0.4 is 10.9 Å². The number of aromatic amines is 1. The first-order valence-electron chi connectivity index (χ1n) is 7.80. The summed E-state index contributed by atoms with van der Waals surface area (Å²) < 4.78 is 22.8. The van der Waals surface area contributed by atoms with Gasteiger partial charge in [-0.05, 0) is 37.3 Å². The van der Waals surface area contributed by atoms with Gasteiger partial charge in [-0.15, -0.1) is 0 Å². The molecule has 0 spiro atoms. The molecule has 0 bridgehead atoms. The first-order chi connectivity index (χ1) is 12.2. The van der Waals surface area contributed by atoms with Crippen molar-refractivity contribution in [1.29, 1.82) is 0 Å². The van der Waals surface area contributed by atoms with E-state index < -0.39 is 15.9 Å². The SMILES string of the molecule is C[C@H](Nc1nccc(CS(C)(=O)=O)n1)c1cc2cc(Cl)ccc2[nH]c1=O. The third kappa shape index (κ3) is 4.39. The summed E-state index contributed by atoms with van der Waals surface area (Å²) in [6.45, 7) is 1.80. The molecule has 26 heavy (non-hydrogen) atoms. The Morgan fingerprint density at radius 2 is 2.04 bits per heavy atom. The number of sulfone groups is 1. The monoisotopic (exact) mass is 392 g/mol. The zero-order valence-corrected chi connectivity index (χ0v) is 15.7. The van der Waals surface area contributed by atoms with Crippen molar-refractivity contribution in [2.24, 2.45) is 0 Å². The van der Waals surface area contributed by atoms with E-state index in [1.807, 2.05) is 0 Å². The summed E-state index contributed by atoms with van der Waals surface area (Å²) in [4.78, 5) is 23.5. The second-order valence-corrected chi connectivity index (χ2v) is 8.67. The number of benzene rings is 1. The summed E-state index contributed by atoms with van der Waals surface area (Å²) >= 11 is 6.01. The Bertz CT molecular complexity index is 1130. The second kappa shape index (κ2) is 7.05. The summed E-state index contributed by atoms with van der Waals surface area (Å²) in [6, 6.07) is 8.14. The van der Waals surface area contributed by atoms with Crippen molar-refractivity contribution in [2.45, 2.75) is 18.7 Å². The number of hydrogen-bond donors (Lipinski definition) is 2. The molecule has 3 rings (SSSR count). The van der Waals surface area contributed by atoms with Crippen molar-refractivity contribution in [2.75, 3.05) is 11.6 Å². The third-order valence-corrected chi connectivity index (χ3v) is 4.83. The van der Waals surface area contributed by atoms with Crippen molar-refractivity contribution >= 4 is 38.3 Å². The lowest BCUT2D eigenvalue weighted by atomic mass is 10.1. The van der Waals surface area contributed by atoms with Gasteiger partial charge in [0.1, 0.15) is 0 Å². The molecule has 7 nitrogen and oxygen atoms in total. The van der Waals surface area contributed by atoms with Crippen LogP contribution in [0.25, 0.3) is 10.9 Å². The average molecular weight is 393 g/mol. The molecule has 0 aliphatic heterocycles. The van der Waals surface area contributed by atoms with Gasteiger partial charge in [0.2, 0.25) is 5.95 Å². The van der Waals surface area contributed by atoms with Crippen molar-refractivity contribution < 1.29 is 8.42 Å². The number of pyridine rings is 1. The van der Waals surface area contributed by atoms with Crippen LogP contribution in [0, 0.1) is 0 Å². The fourth-order valence-corrected chi connectivity index (χ4v) is 3.48. The number of hydrogen-bond acceptors (Lipinski definition) is 6. The summed E-state index contributed by atoms with van der Waals surface area (Å²) in [5.74, 6) is 0.0809. The van der Waals surface area contributed by atoms with Gasteiger partial charge in [0.25, 0.3) is 5.56 Å². The lowest BCUT2D eigenvalue weighted by Gasteiger charge is -2.14. The number of aromatic nitrogens is 3. The molecule has 1 atom stereocenters. The van der Waals surface area contributed by atoms with Crippen LogP contribution in [0.4, 0.5) is 5.95 Å². The molecule has 2 N–H and O–H groups in total. The maximum atomic E-state index is 12.4. The molecule has 0 aliphatic carbocycles. The highest BCUT2D eigenvalue weighted by Crippen LogP contribution is 2.21. The molecule has 136 valence electrons. The average Bonchev–Trinajstić information content (AvgIpc) is 2.53. The highest BCUT2D eigenvalue weighted by Gasteiger charge is 2.14. The van der Waals surface area contributed by atoms with Crippen LogP contribution in [0.15, 0.2) is 41.3 Å². The number of H-pyrrole nitrogens is 1. The molecular formula is C17H17ClN4O3S. The third-order valence-electron chi connectivity index (χ3n) is 3.77. The molecule has 0 fully saturated rings. The van der Waals surface area contributed by atoms with Crippen molar-refractivity contribution in [3.05, 3.63) is 63.2 Å². The zero-order chi connectivity index (χ0) is 18.9. The Morgan fingerprint density at radius 1 is 1.27 bits per heavy atom. The highest BCUT2D eigenvalue weighted by molar-refractivity contribution is 7.89. The lowest BCUT2D eigenvalue weighted by molar-refractivity contribution is 0.600. The van der Waals surface area contributed by atoms with Crippen LogP contribution in [-0.4, -0.2) is 29.6 Å². The maximum Gasteiger partial charge on any atom is 0.253 e. The Morgan fingerprint density at radius 3 is 2.77 bits per heavy atom. The number of rotatable bonds is 5. The molecule has 2 aromatic heterocycles. The van der Waals surface area contributed by atoms with E-state index in [-0.39, 0.29) is 17.3 Å². The van der Waals surface area contributed by atoms with Gasteiger partial charge in [-0.25, -0.2) is 18.4 Å². The minimum Gasteiger partial charge on any atom is -0.347 e. The standard InChI is InChI=1S/C17H17ClN4O3S/c1-10(20-17-19-6-5-13(21-17)9-26(2,24)25)14-8-11-7-12(18)3-4-15(11)22-16(14)23/h3-8,10H,9H2,1-2H3,(H,22,23)(H,19,20,21)/t10-/m0/s1. The van der Waals surface area contributed by atoms with Crippen LogP contribution in [0.1, 0.15) is 24.2 Å². The Balaban J connectivity index is 1.89. The molecule has 0 unspecified atom stereocenters. The topological polar surface area (TPSA) is 105 Å². The van der Waals surface area contributed by atoms with E-state index in [4.69, 9.17) is 11.6 Å². The maximum absolute atomic E-state index is 12.4. The predicted molar refractivity (Wildman–Crippen MR) is 102 cm³/mol. The Kier molecular flexibility index (Phi) is 4.97. The molecular weight excluding hydrogens is 376 g/mol. The highest BCUT2D eigenvalue weighted by atomic mass is 35.5. The lowest BCUT2D eigenvalue weighted by Crippen LogP contribution is -2.20. The van der Waals surface area contributed by atoms with Gasteiger partial charge >= 0.3 is 0 Å². The smallest absolute Gasteiger partial charge is 0.253 e. The zero-order valence-electron chi connectivity index (χ0n) is 14.2. The first kappa shape index (κ1) is 18.3. The Labute approximate surface area is 155 Å². The van der Waals surface area contributed by atoms with E-state index in [1.54, 1.807) is 37.3 Å². The molecule has 3 aromatic rings. The fourth-order valence-electron chi connectivity index (χ4n) is 2.60. The van der Waals surface area contributed by atoms with Crippen LogP contribution in [-0.2, 0) is 15.6 Å². The van der Waals surface area contributed by atoms with Crippen LogP contribution in [0.2, 0.25) is 5.02 Å². The predicted octanol–water partition coefficient (Wildman–Crippen LogP) is 2.69. The summed E-state index contributed by atoms with van der Waals surface area (Å²) in [5.41, 5.74) is 1.35. The second-order valence-electron chi connectivity index (χ2n) is 6.09. The minimum absolute atomic E-state index is 0.173. The van der Waals surface area contributed by atoms with E-state index in [0.29, 0.717) is 21.8 Å². The molecule has 2 heterocycles. The summed E-state index contributed by atoms with van der Waals surface area (Å²) in [7, 11) is -3.20. The van der Waals surface area contributed by atoms with Crippen LogP contribution >= 0.6 is 11.6 Å². The molecule has 0 radical (unpaired) electrons. The van der Waals surface area contributed by atoms with E-state index in [1.165, 1.54) is 6.20 Å². The Hall–Kier alpha value is -2.45. The van der Waals surface area contributed by atoms with Gasteiger partial charge in [0.15, 0.2) is 9.84 Å². The number of nitrogens with one attached hydrogen (secondary N) is 2. The molecule has 9 heteroatoms. The van der Waals surface area contributed by atoms with E-state index in [2.05, 4.69) is 20.3 Å². The van der Waals surface area contributed by atoms with Gasteiger partial charge in [-0.3, -0.25) is 4.79 Å². The number of fused-ring (bicyclic) bond motifs is 1. The number of halogens is 1. The van der Waals surface area contributed by atoms with Crippen molar-refractivity contribution in [3.8, 4) is 0 Å². The van der Waals surface area contributed by atoms with Gasteiger partial charge in [-0.1, -0.05) is 11.6 Å².